The first-order valence-electron chi connectivity index (χ1n) is 23.2. The molecule has 0 aliphatic carbocycles. The number of sulfone groups is 4. The molecule has 0 saturated carbocycles. The van der Waals surface area contributed by atoms with Gasteiger partial charge in [0.15, 0.2) is 39.3 Å². The molecule has 2 aromatic heterocycles. The normalized spacial score (nSPS) is 14.2. The number of carboxylic acid groups (broad SMARTS) is 2. The van der Waals surface area contributed by atoms with Crippen LogP contribution in [0.15, 0.2) is 105 Å². The van der Waals surface area contributed by atoms with Crippen molar-refractivity contribution in [3.05, 3.63) is 107 Å². The molecule has 0 fully saturated rings. The Labute approximate surface area is 467 Å². The second-order valence-electron chi connectivity index (χ2n) is 18.7. The molecule has 2 unspecified atom stereocenters. The van der Waals surface area contributed by atoms with Crippen molar-refractivity contribution < 1.29 is 63.1 Å². The van der Waals surface area contributed by atoms with Crippen molar-refractivity contribution in [3.63, 3.8) is 0 Å². The van der Waals surface area contributed by atoms with Crippen LogP contribution in [0.25, 0.3) is 21.8 Å². The summed E-state index contributed by atoms with van der Waals surface area (Å²) in [6.45, 7) is 11.0. The van der Waals surface area contributed by atoms with E-state index in [4.69, 9.17) is 21.7 Å². The molecule has 2 aliphatic rings. The highest BCUT2D eigenvalue weighted by atomic mass is 32.2. The molecule has 8 rings (SSSR count). The molecule has 440 valence electrons. The Morgan fingerprint density at radius 3 is 1.22 bits per heavy atom. The summed E-state index contributed by atoms with van der Waals surface area (Å²) in [5.41, 5.74) is 16.6. The van der Waals surface area contributed by atoms with Gasteiger partial charge in [-0.1, -0.05) is 37.1 Å². The number of H-pyrrole nitrogens is 2. The summed E-state index contributed by atoms with van der Waals surface area (Å²) in [7, 11) is -13.2. The number of nitrogens with one attached hydrogen (secondary N) is 4. The molecule has 2 aliphatic heterocycles. The van der Waals surface area contributed by atoms with Crippen LogP contribution in [0.2, 0.25) is 0 Å². The van der Waals surface area contributed by atoms with Crippen molar-refractivity contribution in [2.75, 3.05) is 30.0 Å². The molecule has 4 aromatic carbocycles. The third-order valence-corrected chi connectivity index (χ3v) is 19.9. The number of carbonyl (C=O) groups is 4. The number of hydrogen-bond donors (Lipinski definition) is 8. The zero-order chi connectivity index (χ0) is 55.2. The van der Waals surface area contributed by atoms with Gasteiger partial charge in [0.25, 0.3) is 0 Å². The van der Waals surface area contributed by atoms with Gasteiger partial charge in [0.2, 0.25) is 11.8 Å². The predicted molar refractivity (Wildman–Crippen MR) is 316 cm³/mol. The Morgan fingerprint density at radius 1 is 0.506 bits per heavy atom. The predicted octanol–water partition coefficient (Wildman–Crippen LogP) is 8.86. The van der Waals surface area contributed by atoms with Gasteiger partial charge in [0.05, 0.1) is 54.6 Å². The fraction of sp³-hybridized carbons (Fsp3) is 0.418. The molecule has 6 aromatic rings. The van der Waals surface area contributed by atoms with Gasteiger partial charge < -0.3 is 42.3 Å². The maximum Gasteiger partial charge on any atom is 0.307 e. The van der Waals surface area contributed by atoms with Crippen LogP contribution in [0.1, 0.15) is 126 Å². The van der Waals surface area contributed by atoms with Gasteiger partial charge in [-0.05, 0) is 137 Å². The van der Waals surface area contributed by atoms with Crippen LogP contribution < -0.4 is 22.1 Å². The summed E-state index contributed by atoms with van der Waals surface area (Å²) in [5, 5.41) is 23.8. The van der Waals surface area contributed by atoms with E-state index in [1.54, 1.807) is 115 Å². The minimum atomic E-state index is -3.33. The highest BCUT2D eigenvalue weighted by Gasteiger charge is 2.29. The number of anilines is 2. The average Bonchev–Trinajstić information content (AvgIpc) is 4.11. The number of aromatic amines is 2. The van der Waals surface area contributed by atoms with Gasteiger partial charge in [-0.15, -0.1) is 0 Å². The van der Waals surface area contributed by atoms with Crippen molar-refractivity contribution in [2.24, 2.45) is 11.5 Å². The SMILES string of the molecule is C.C.C.C.C.CC(C)S(=O)(=O)c1ccc2[nH]cc(CC(N)=O)c2c1.CC(C)S(=O)(=O)c1ccc2c(c1)C(CC(=O)O)CN2.CC(C)S(=O)(=O)c1ccc2c(c1)C(CC(N)=O)CN2.CS(=O)(=O)c1ccc2[nH]cc(CC(=O)O)c2c1. The Balaban J connectivity index is 0.00000101. The monoisotopic (exact) mass is 1180 g/mol. The fourth-order valence-electron chi connectivity index (χ4n) is 8.12. The summed E-state index contributed by atoms with van der Waals surface area (Å²) in [4.78, 5) is 50.4. The van der Waals surface area contributed by atoms with Gasteiger partial charge in [-0.2, -0.15) is 0 Å². The van der Waals surface area contributed by atoms with Crippen molar-refractivity contribution in [2.45, 2.75) is 152 Å². The first kappa shape index (κ1) is 72.2. The van der Waals surface area contributed by atoms with E-state index < -0.39 is 72.9 Å². The number of rotatable bonds is 15. The van der Waals surface area contributed by atoms with Crippen LogP contribution >= 0.6 is 0 Å². The molecule has 20 nitrogen and oxygen atoms in total. The summed E-state index contributed by atoms with van der Waals surface area (Å²) in [6, 6.07) is 19.4. The van der Waals surface area contributed by atoms with Crippen LogP contribution in [0.4, 0.5) is 11.4 Å². The number of aromatic nitrogens is 2. The summed E-state index contributed by atoms with van der Waals surface area (Å²) in [6.07, 6.45) is 4.58. The number of primary amides is 2. The van der Waals surface area contributed by atoms with Crippen LogP contribution in [0.5, 0.6) is 0 Å². The van der Waals surface area contributed by atoms with Crippen LogP contribution in [0.3, 0.4) is 0 Å². The minimum absolute atomic E-state index is 0. The second kappa shape index (κ2) is 28.9. The number of benzene rings is 4. The van der Waals surface area contributed by atoms with Crippen molar-refractivity contribution >= 4 is 96.3 Å². The molecule has 79 heavy (non-hydrogen) atoms. The van der Waals surface area contributed by atoms with E-state index >= 15 is 0 Å². The van der Waals surface area contributed by atoms with E-state index in [1.165, 1.54) is 12.1 Å². The number of nitrogens with two attached hydrogens (primary N) is 2. The quantitative estimate of drug-likeness (QED) is 0.0476. The lowest BCUT2D eigenvalue weighted by atomic mass is 9.98. The van der Waals surface area contributed by atoms with E-state index in [0.717, 1.165) is 45.2 Å². The van der Waals surface area contributed by atoms with Gasteiger partial charge in [0.1, 0.15) is 0 Å². The Bertz CT molecular complexity index is 3460. The van der Waals surface area contributed by atoms with Crippen molar-refractivity contribution in [3.8, 4) is 0 Å². The largest absolute Gasteiger partial charge is 0.481 e. The smallest absolute Gasteiger partial charge is 0.307 e. The van der Waals surface area contributed by atoms with Crippen LogP contribution in [-0.2, 0) is 71.4 Å². The highest BCUT2D eigenvalue weighted by molar-refractivity contribution is 7.92. The fourth-order valence-corrected chi connectivity index (χ4v) is 12.0. The first-order chi connectivity index (χ1) is 34.3. The van der Waals surface area contributed by atoms with Gasteiger partial charge in [-0.3, -0.25) is 19.2 Å². The van der Waals surface area contributed by atoms with Gasteiger partial charge in [-0.25, -0.2) is 33.7 Å². The van der Waals surface area contributed by atoms with E-state index in [-0.39, 0.29) is 95.2 Å². The maximum atomic E-state index is 12.1. The molecule has 0 spiro atoms. The van der Waals surface area contributed by atoms with Crippen molar-refractivity contribution in [1.82, 2.24) is 9.97 Å². The molecule has 4 heterocycles. The third-order valence-electron chi connectivity index (χ3n) is 12.3. The molecule has 2 atom stereocenters. The third kappa shape index (κ3) is 17.6. The Hall–Kier alpha value is -6.76. The summed E-state index contributed by atoms with van der Waals surface area (Å²) >= 11 is 0. The highest BCUT2D eigenvalue weighted by Crippen LogP contribution is 2.37. The number of carbonyl (C=O) groups excluding carboxylic acids is 2. The lowest BCUT2D eigenvalue weighted by molar-refractivity contribution is -0.138. The number of fused-ring (bicyclic) bond motifs is 4. The number of aliphatic carboxylic acids is 2. The number of amides is 2. The average molecular weight is 1180 g/mol. The summed E-state index contributed by atoms with van der Waals surface area (Å²) in [5.74, 6) is -2.87. The number of hydrogen-bond acceptors (Lipinski definition) is 14. The number of carboxylic acids is 2. The van der Waals surface area contributed by atoms with Gasteiger partial charge >= 0.3 is 11.9 Å². The molecule has 0 radical (unpaired) electrons. The Morgan fingerprint density at radius 2 is 0.861 bits per heavy atom. The van der Waals surface area contributed by atoms with Crippen LogP contribution in [0, 0.1) is 0 Å². The van der Waals surface area contributed by atoms with E-state index in [0.29, 0.717) is 34.5 Å². The molecular weight excluding hydrogens is 1100 g/mol. The lowest BCUT2D eigenvalue weighted by Gasteiger charge is -2.11. The van der Waals surface area contributed by atoms with E-state index in [9.17, 15) is 52.8 Å². The molecule has 2 amide bonds. The topological polar surface area (TPSA) is 353 Å². The standard InChI is InChI=1S/C13H18N2O3S.C13H16N2O3S.C13H17NO4S.C11H11NO4S.5CH4/c2*1-8(2)19(17,18)10-3-4-12-11(6-10)9(7-15-12)5-13(14)16;1-8(2)19(17,18)10-3-4-12-11(6-10)9(7-14-12)5-13(15)16;1-17(15,16)8-2-3-10-9(5-8)7(6-12-10)4-11(13)14;;;;;/h3-4,6,8-9,15H,5,7H2,1-2H3,(H2,14,16);3-4,6-8,15H,5H2,1-2H3,(H2,14,16);3-4,6,8-9,14H,5,7H2,1-2H3,(H,15,16);2-3,5-6,12H,4H2,1H3,(H,13,14);5*1H4. The zero-order valence-electron chi connectivity index (χ0n) is 41.8. The van der Waals surface area contributed by atoms with E-state index in [1.807, 2.05) is 0 Å². The maximum absolute atomic E-state index is 12.1. The lowest BCUT2D eigenvalue weighted by Crippen LogP contribution is -2.17. The summed E-state index contributed by atoms with van der Waals surface area (Å²) < 4.78 is 95.6. The van der Waals surface area contributed by atoms with E-state index in [2.05, 4.69) is 20.6 Å². The molecule has 24 heteroatoms. The first-order valence-corrected chi connectivity index (χ1v) is 29.7. The zero-order valence-corrected chi connectivity index (χ0v) is 45.1. The van der Waals surface area contributed by atoms with Crippen molar-refractivity contribution in [1.29, 1.82) is 0 Å². The minimum Gasteiger partial charge on any atom is -0.481 e. The molecule has 0 saturated heterocycles. The van der Waals surface area contributed by atoms with Crippen LogP contribution in [-0.4, -0.2) is 113 Å². The second-order valence-corrected chi connectivity index (χ2v) is 28.3. The molecule has 10 N–H and O–H groups in total. The van der Waals surface area contributed by atoms with Gasteiger partial charge in [0, 0.05) is 83.2 Å². The Kier molecular flexibility index (Phi) is 26.4. The molecular formula is C55H82N6O14S4. The molecule has 0 bridgehead atoms.